The number of rotatable bonds is 4. The lowest BCUT2D eigenvalue weighted by Gasteiger charge is -2.29. The SMILES string of the molecule is COc1ccc(CC(=O)N2CCc3cc4c(cc3C2)OCO4)cc1OC. The van der Waals surface area contributed by atoms with Gasteiger partial charge in [-0.1, -0.05) is 6.07 Å². The van der Waals surface area contributed by atoms with E-state index >= 15 is 0 Å². The lowest BCUT2D eigenvalue weighted by molar-refractivity contribution is -0.131. The first-order valence-corrected chi connectivity index (χ1v) is 8.58. The fourth-order valence-electron chi connectivity index (χ4n) is 3.44. The van der Waals surface area contributed by atoms with Crippen molar-refractivity contribution in [2.24, 2.45) is 0 Å². The number of carbonyl (C=O) groups is 1. The summed E-state index contributed by atoms with van der Waals surface area (Å²) in [5.74, 6) is 2.95. The van der Waals surface area contributed by atoms with Crippen LogP contribution >= 0.6 is 0 Å². The first-order valence-electron chi connectivity index (χ1n) is 8.58. The zero-order valence-electron chi connectivity index (χ0n) is 14.9. The highest BCUT2D eigenvalue weighted by Crippen LogP contribution is 2.37. The number of benzene rings is 2. The molecule has 0 radical (unpaired) electrons. The molecular weight excluding hydrogens is 334 g/mol. The number of hydrogen-bond acceptors (Lipinski definition) is 5. The van der Waals surface area contributed by atoms with E-state index in [1.54, 1.807) is 14.2 Å². The Bertz CT molecular complexity index is 848. The molecule has 2 aliphatic rings. The number of amides is 1. The molecule has 0 unspecified atom stereocenters. The Morgan fingerprint density at radius 3 is 2.50 bits per heavy atom. The second kappa shape index (κ2) is 6.78. The number of carbonyl (C=O) groups excluding carboxylic acids is 1. The Kier molecular flexibility index (Phi) is 4.32. The minimum atomic E-state index is 0.0977. The van der Waals surface area contributed by atoms with Crippen LogP contribution in [0, 0.1) is 0 Å². The van der Waals surface area contributed by atoms with Crippen LogP contribution in [-0.2, 0) is 24.2 Å². The van der Waals surface area contributed by atoms with E-state index in [2.05, 4.69) is 0 Å². The van der Waals surface area contributed by atoms with Crippen LogP contribution in [0.3, 0.4) is 0 Å². The molecule has 1 amide bonds. The van der Waals surface area contributed by atoms with Gasteiger partial charge in [0.05, 0.1) is 20.6 Å². The van der Waals surface area contributed by atoms with Crippen LogP contribution in [0.15, 0.2) is 30.3 Å². The molecule has 2 heterocycles. The summed E-state index contributed by atoms with van der Waals surface area (Å²) >= 11 is 0. The number of fused-ring (bicyclic) bond motifs is 2. The van der Waals surface area contributed by atoms with E-state index in [0.717, 1.165) is 29.0 Å². The Morgan fingerprint density at radius 2 is 1.77 bits per heavy atom. The smallest absolute Gasteiger partial charge is 0.231 e. The first-order chi connectivity index (χ1) is 12.7. The van der Waals surface area contributed by atoms with E-state index in [1.807, 2.05) is 35.2 Å². The number of methoxy groups -OCH3 is 2. The Labute approximate surface area is 152 Å². The molecule has 26 heavy (non-hydrogen) atoms. The normalized spacial score (nSPS) is 14.8. The van der Waals surface area contributed by atoms with Crippen molar-refractivity contribution in [3.05, 3.63) is 47.0 Å². The van der Waals surface area contributed by atoms with Crippen molar-refractivity contribution in [3.63, 3.8) is 0 Å². The van der Waals surface area contributed by atoms with E-state index in [9.17, 15) is 4.79 Å². The van der Waals surface area contributed by atoms with Gasteiger partial charge >= 0.3 is 0 Å². The molecule has 0 spiro atoms. The Hall–Kier alpha value is -2.89. The second-order valence-corrected chi connectivity index (χ2v) is 6.41. The van der Waals surface area contributed by atoms with Gasteiger partial charge < -0.3 is 23.8 Å². The standard InChI is InChI=1S/C20H21NO5/c1-23-16-4-3-13(7-17(16)24-2)8-20(22)21-6-5-14-9-18-19(26-12-25-18)10-15(14)11-21/h3-4,7,9-10H,5-6,8,11-12H2,1-2H3. The molecule has 0 aliphatic carbocycles. The van der Waals surface area contributed by atoms with Gasteiger partial charge in [-0.2, -0.15) is 0 Å². The predicted molar refractivity (Wildman–Crippen MR) is 94.9 cm³/mol. The molecule has 2 aliphatic heterocycles. The molecular formula is C20H21NO5. The average molecular weight is 355 g/mol. The minimum Gasteiger partial charge on any atom is -0.493 e. The molecule has 2 aromatic rings. The molecule has 0 saturated heterocycles. The molecule has 2 aromatic carbocycles. The summed E-state index contributed by atoms with van der Waals surface area (Å²) < 4.78 is 21.4. The monoisotopic (exact) mass is 355 g/mol. The maximum absolute atomic E-state index is 12.8. The van der Waals surface area contributed by atoms with Crippen molar-refractivity contribution in [1.29, 1.82) is 0 Å². The van der Waals surface area contributed by atoms with Crippen LogP contribution in [0.4, 0.5) is 0 Å². The van der Waals surface area contributed by atoms with Crippen LogP contribution in [-0.4, -0.2) is 38.4 Å². The molecule has 0 atom stereocenters. The van der Waals surface area contributed by atoms with Crippen molar-refractivity contribution >= 4 is 5.91 Å². The van der Waals surface area contributed by atoms with E-state index < -0.39 is 0 Å². The summed E-state index contributed by atoms with van der Waals surface area (Å²) in [6.45, 7) is 1.57. The molecule has 0 saturated carbocycles. The number of nitrogens with zero attached hydrogens (tertiary/aromatic N) is 1. The highest BCUT2D eigenvalue weighted by atomic mass is 16.7. The Morgan fingerprint density at radius 1 is 1.04 bits per heavy atom. The third-order valence-corrected chi connectivity index (χ3v) is 4.86. The van der Waals surface area contributed by atoms with Crippen LogP contribution in [0.1, 0.15) is 16.7 Å². The second-order valence-electron chi connectivity index (χ2n) is 6.41. The van der Waals surface area contributed by atoms with Crippen LogP contribution in [0.2, 0.25) is 0 Å². The molecule has 6 heteroatoms. The van der Waals surface area contributed by atoms with Gasteiger partial charge in [0, 0.05) is 13.1 Å². The van der Waals surface area contributed by atoms with Gasteiger partial charge in [-0.3, -0.25) is 4.79 Å². The number of ether oxygens (including phenoxy) is 4. The number of hydrogen-bond donors (Lipinski definition) is 0. The summed E-state index contributed by atoms with van der Waals surface area (Å²) in [7, 11) is 3.19. The largest absolute Gasteiger partial charge is 0.493 e. The summed E-state index contributed by atoms with van der Waals surface area (Å²) in [5, 5.41) is 0. The average Bonchev–Trinajstić information content (AvgIpc) is 3.12. The van der Waals surface area contributed by atoms with Gasteiger partial charge in [0.25, 0.3) is 0 Å². The summed E-state index contributed by atoms with van der Waals surface area (Å²) in [6.07, 6.45) is 1.16. The van der Waals surface area contributed by atoms with Crippen LogP contribution in [0.25, 0.3) is 0 Å². The maximum Gasteiger partial charge on any atom is 0.231 e. The van der Waals surface area contributed by atoms with Gasteiger partial charge in [0.1, 0.15) is 0 Å². The summed E-state index contributed by atoms with van der Waals surface area (Å²) in [4.78, 5) is 14.7. The molecule has 4 rings (SSSR count). The minimum absolute atomic E-state index is 0.0977. The van der Waals surface area contributed by atoms with Gasteiger partial charge in [-0.05, 0) is 47.4 Å². The quantitative estimate of drug-likeness (QED) is 0.844. The van der Waals surface area contributed by atoms with Crippen molar-refractivity contribution < 1.29 is 23.7 Å². The fraction of sp³-hybridized carbons (Fsp3) is 0.350. The van der Waals surface area contributed by atoms with Crippen molar-refractivity contribution in [2.45, 2.75) is 19.4 Å². The molecule has 0 aromatic heterocycles. The highest BCUT2D eigenvalue weighted by molar-refractivity contribution is 5.79. The van der Waals surface area contributed by atoms with Gasteiger partial charge in [-0.25, -0.2) is 0 Å². The van der Waals surface area contributed by atoms with Gasteiger partial charge in [0.2, 0.25) is 12.7 Å². The van der Waals surface area contributed by atoms with E-state index in [4.69, 9.17) is 18.9 Å². The molecule has 0 N–H and O–H groups in total. The Balaban J connectivity index is 1.48. The lowest BCUT2D eigenvalue weighted by Crippen LogP contribution is -2.36. The predicted octanol–water partition coefficient (Wildman–Crippen LogP) is 2.56. The fourth-order valence-corrected chi connectivity index (χ4v) is 3.44. The molecule has 0 fully saturated rings. The maximum atomic E-state index is 12.8. The van der Waals surface area contributed by atoms with E-state index in [0.29, 0.717) is 31.0 Å². The zero-order chi connectivity index (χ0) is 18.1. The zero-order valence-corrected chi connectivity index (χ0v) is 14.9. The van der Waals surface area contributed by atoms with Crippen LogP contribution in [0.5, 0.6) is 23.0 Å². The molecule has 6 nitrogen and oxygen atoms in total. The third-order valence-electron chi connectivity index (χ3n) is 4.86. The van der Waals surface area contributed by atoms with Crippen molar-refractivity contribution in [2.75, 3.05) is 27.6 Å². The van der Waals surface area contributed by atoms with E-state index in [1.165, 1.54) is 5.56 Å². The lowest BCUT2D eigenvalue weighted by atomic mass is 9.98. The summed E-state index contributed by atoms with van der Waals surface area (Å²) in [5.41, 5.74) is 3.26. The molecule has 0 bridgehead atoms. The van der Waals surface area contributed by atoms with Crippen LogP contribution < -0.4 is 18.9 Å². The molecule has 136 valence electrons. The first kappa shape index (κ1) is 16.6. The third kappa shape index (κ3) is 3.03. The highest BCUT2D eigenvalue weighted by Gasteiger charge is 2.25. The van der Waals surface area contributed by atoms with Crippen molar-refractivity contribution in [1.82, 2.24) is 4.90 Å². The topological polar surface area (TPSA) is 57.2 Å². The summed E-state index contributed by atoms with van der Waals surface area (Å²) in [6, 6.07) is 9.61. The van der Waals surface area contributed by atoms with Gasteiger partial charge in [-0.15, -0.1) is 0 Å². The van der Waals surface area contributed by atoms with Crippen molar-refractivity contribution in [3.8, 4) is 23.0 Å². The van der Waals surface area contributed by atoms with E-state index in [-0.39, 0.29) is 12.7 Å². The van der Waals surface area contributed by atoms with Gasteiger partial charge in [0.15, 0.2) is 23.0 Å².